The number of fused-ring (bicyclic) bond motifs is 1. The Kier molecular flexibility index (Phi) is 5.94. The number of aromatic nitrogens is 2. The molecule has 3 heterocycles. The number of benzene rings is 1. The number of piperidine rings is 1. The summed E-state index contributed by atoms with van der Waals surface area (Å²) < 4.78 is 26.6. The quantitative estimate of drug-likeness (QED) is 0.653. The van der Waals surface area contributed by atoms with Crippen LogP contribution in [0.4, 0.5) is 14.6 Å². The number of carbonyl (C=O) groups excluding carboxylic acids is 1. The van der Waals surface area contributed by atoms with Crippen LogP contribution in [0.5, 0.6) is 0 Å². The summed E-state index contributed by atoms with van der Waals surface area (Å²) in [5.74, 6) is 0.319. The Hall–Kier alpha value is -2.61. The summed E-state index contributed by atoms with van der Waals surface area (Å²) in [5, 5.41) is 5.99. The number of carbonyl (C=O) groups is 1. The maximum absolute atomic E-state index is 13.3. The van der Waals surface area contributed by atoms with Crippen LogP contribution in [-0.4, -0.2) is 29.0 Å². The van der Waals surface area contributed by atoms with Crippen molar-refractivity contribution < 1.29 is 13.6 Å². The normalized spacial score (nSPS) is 15.0. The molecular formula is C22H24F2N4OS. The number of hydrogen-bond acceptors (Lipinski definition) is 5. The van der Waals surface area contributed by atoms with Crippen molar-refractivity contribution in [2.45, 2.75) is 39.7 Å². The lowest BCUT2D eigenvalue weighted by Crippen LogP contribution is -2.40. The van der Waals surface area contributed by atoms with Gasteiger partial charge in [0, 0.05) is 48.3 Å². The molecule has 0 unspecified atom stereocenters. The second-order valence-electron chi connectivity index (χ2n) is 7.63. The summed E-state index contributed by atoms with van der Waals surface area (Å²) in [4.78, 5) is 25.4. The molecule has 0 radical (unpaired) electrons. The number of hydrogen-bond donors (Lipinski definition) is 1. The van der Waals surface area contributed by atoms with E-state index in [1.54, 1.807) is 11.3 Å². The number of anilines is 1. The highest BCUT2D eigenvalue weighted by molar-refractivity contribution is 7.11. The van der Waals surface area contributed by atoms with Gasteiger partial charge < -0.3 is 10.2 Å². The van der Waals surface area contributed by atoms with Gasteiger partial charge in [-0.3, -0.25) is 4.79 Å². The molecule has 0 atom stereocenters. The van der Waals surface area contributed by atoms with Crippen molar-refractivity contribution in [3.8, 4) is 0 Å². The van der Waals surface area contributed by atoms with Gasteiger partial charge in [-0.1, -0.05) is 6.92 Å². The third-order valence-corrected chi connectivity index (χ3v) is 6.43. The molecule has 0 saturated carbocycles. The summed E-state index contributed by atoms with van der Waals surface area (Å²) in [5.41, 5.74) is 1.41. The van der Waals surface area contributed by atoms with Gasteiger partial charge in [0.1, 0.15) is 23.3 Å². The predicted molar refractivity (Wildman–Crippen MR) is 115 cm³/mol. The van der Waals surface area contributed by atoms with E-state index in [4.69, 9.17) is 4.98 Å². The zero-order valence-electron chi connectivity index (χ0n) is 17.0. The van der Waals surface area contributed by atoms with E-state index in [1.165, 1.54) is 17.0 Å². The van der Waals surface area contributed by atoms with E-state index in [2.05, 4.69) is 27.5 Å². The van der Waals surface area contributed by atoms with Gasteiger partial charge in [-0.05, 0) is 37.5 Å². The highest BCUT2D eigenvalue weighted by atomic mass is 32.1. The van der Waals surface area contributed by atoms with Crippen molar-refractivity contribution in [3.05, 3.63) is 51.5 Å². The van der Waals surface area contributed by atoms with Crippen molar-refractivity contribution >= 4 is 34.0 Å². The highest BCUT2D eigenvalue weighted by Gasteiger charge is 2.27. The maximum atomic E-state index is 13.3. The van der Waals surface area contributed by atoms with Crippen molar-refractivity contribution in [1.29, 1.82) is 0 Å². The zero-order valence-corrected chi connectivity index (χ0v) is 17.9. The zero-order chi connectivity index (χ0) is 21.3. The molecule has 8 heteroatoms. The van der Waals surface area contributed by atoms with Crippen LogP contribution in [0.1, 0.15) is 36.0 Å². The number of thiophene rings is 1. The van der Waals surface area contributed by atoms with E-state index < -0.39 is 11.6 Å². The van der Waals surface area contributed by atoms with Gasteiger partial charge in [-0.15, -0.1) is 11.3 Å². The summed E-state index contributed by atoms with van der Waals surface area (Å²) in [6.45, 7) is 5.72. The summed E-state index contributed by atoms with van der Waals surface area (Å²) in [7, 11) is 0. The van der Waals surface area contributed by atoms with Crippen molar-refractivity contribution in [2.75, 3.05) is 18.0 Å². The first kappa shape index (κ1) is 20.7. The third-order valence-electron chi connectivity index (χ3n) is 5.53. The van der Waals surface area contributed by atoms with Crippen LogP contribution in [0, 0.1) is 24.5 Å². The molecule has 1 fully saturated rings. The first-order valence-corrected chi connectivity index (χ1v) is 11.0. The van der Waals surface area contributed by atoms with E-state index in [0.29, 0.717) is 18.4 Å². The highest BCUT2D eigenvalue weighted by Crippen LogP contribution is 2.33. The Labute approximate surface area is 178 Å². The molecule has 1 amide bonds. The standard InChI is InChI=1S/C22H24F2N4OS/c1-3-19-26-18-12-30-13(2)20(18)21(27-19)28-6-4-15(5-7-28)22(29)25-11-14-8-16(23)10-17(24)9-14/h8-10,12,15H,3-7,11H2,1-2H3,(H,25,29). The number of nitrogens with zero attached hydrogens (tertiary/aromatic N) is 3. The molecular weight excluding hydrogens is 406 g/mol. The minimum atomic E-state index is -0.640. The molecule has 2 aromatic heterocycles. The molecule has 1 N–H and O–H groups in total. The average Bonchev–Trinajstić information content (AvgIpc) is 3.11. The topological polar surface area (TPSA) is 58.1 Å². The van der Waals surface area contributed by atoms with E-state index in [9.17, 15) is 13.6 Å². The molecule has 158 valence electrons. The van der Waals surface area contributed by atoms with Crippen LogP contribution >= 0.6 is 11.3 Å². The van der Waals surface area contributed by atoms with Crippen LogP contribution in [0.3, 0.4) is 0 Å². The molecule has 0 spiro atoms. The van der Waals surface area contributed by atoms with E-state index in [0.717, 1.165) is 48.1 Å². The van der Waals surface area contributed by atoms with Gasteiger partial charge in [-0.2, -0.15) is 0 Å². The first-order valence-electron chi connectivity index (χ1n) is 10.2. The Morgan fingerprint density at radius 1 is 1.20 bits per heavy atom. The Balaban J connectivity index is 1.41. The fourth-order valence-electron chi connectivity index (χ4n) is 3.93. The van der Waals surface area contributed by atoms with Crippen LogP contribution < -0.4 is 10.2 Å². The summed E-state index contributed by atoms with van der Waals surface area (Å²) >= 11 is 1.68. The van der Waals surface area contributed by atoms with Gasteiger partial charge in [0.05, 0.1) is 10.9 Å². The number of amides is 1. The third kappa shape index (κ3) is 4.28. The minimum Gasteiger partial charge on any atom is -0.356 e. The second kappa shape index (κ2) is 8.63. The maximum Gasteiger partial charge on any atom is 0.223 e. The molecule has 5 nitrogen and oxygen atoms in total. The largest absolute Gasteiger partial charge is 0.356 e. The van der Waals surface area contributed by atoms with Gasteiger partial charge in [-0.25, -0.2) is 18.7 Å². The van der Waals surface area contributed by atoms with Crippen LogP contribution in [0.2, 0.25) is 0 Å². The van der Waals surface area contributed by atoms with Crippen LogP contribution in [-0.2, 0) is 17.8 Å². The lowest BCUT2D eigenvalue weighted by molar-refractivity contribution is -0.125. The van der Waals surface area contributed by atoms with Gasteiger partial charge in [0.15, 0.2) is 0 Å². The van der Waals surface area contributed by atoms with Crippen molar-refractivity contribution in [3.63, 3.8) is 0 Å². The Morgan fingerprint density at radius 2 is 1.90 bits per heavy atom. The molecule has 3 aromatic rings. The Bertz CT molecular complexity index is 1060. The van der Waals surface area contributed by atoms with Gasteiger partial charge >= 0.3 is 0 Å². The fraction of sp³-hybridized carbons (Fsp3) is 0.409. The molecule has 1 saturated heterocycles. The smallest absolute Gasteiger partial charge is 0.223 e. The first-order chi connectivity index (χ1) is 14.4. The summed E-state index contributed by atoms with van der Waals surface area (Å²) in [6.07, 6.45) is 2.19. The average molecular weight is 431 g/mol. The van der Waals surface area contributed by atoms with E-state index in [-0.39, 0.29) is 18.4 Å². The molecule has 0 aliphatic carbocycles. The lowest BCUT2D eigenvalue weighted by Gasteiger charge is -2.32. The molecule has 4 rings (SSSR count). The second-order valence-corrected chi connectivity index (χ2v) is 8.71. The predicted octanol–water partition coefficient (Wildman–Crippen LogP) is 4.37. The van der Waals surface area contributed by atoms with Crippen LogP contribution in [0.15, 0.2) is 23.6 Å². The Morgan fingerprint density at radius 3 is 2.57 bits per heavy atom. The van der Waals surface area contributed by atoms with Crippen molar-refractivity contribution in [2.24, 2.45) is 5.92 Å². The number of rotatable bonds is 5. The fourth-order valence-corrected chi connectivity index (χ4v) is 4.70. The summed E-state index contributed by atoms with van der Waals surface area (Å²) in [6, 6.07) is 3.30. The number of aryl methyl sites for hydroxylation is 2. The molecule has 1 aliphatic heterocycles. The number of halogens is 2. The van der Waals surface area contributed by atoms with Crippen molar-refractivity contribution in [1.82, 2.24) is 15.3 Å². The van der Waals surface area contributed by atoms with E-state index in [1.807, 2.05) is 6.92 Å². The monoisotopic (exact) mass is 430 g/mol. The molecule has 0 bridgehead atoms. The van der Waals surface area contributed by atoms with Gasteiger partial charge in [0.25, 0.3) is 0 Å². The number of nitrogens with one attached hydrogen (secondary N) is 1. The SMILES string of the molecule is CCc1nc(N2CCC(C(=O)NCc3cc(F)cc(F)c3)CC2)c2c(C)scc2n1. The molecule has 1 aromatic carbocycles. The van der Waals surface area contributed by atoms with Gasteiger partial charge in [0.2, 0.25) is 5.91 Å². The van der Waals surface area contributed by atoms with E-state index >= 15 is 0 Å². The lowest BCUT2D eigenvalue weighted by atomic mass is 9.95. The molecule has 1 aliphatic rings. The van der Waals surface area contributed by atoms with Crippen LogP contribution in [0.25, 0.3) is 10.9 Å². The minimum absolute atomic E-state index is 0.0758. The molecule has 30 heavy (non-hydrogen) atoms.